The quantitative estimate of drug-likeness (QED) is 0.795. The number of carboxylic acid groups (broad SMARTS) is 1. The topological polar surface area (TPSA) is 105 Å². The van der Waals surface area contributed by atoms with Crippen LogP contribution in [0.4, 0.5) is 0 Å². The lowest BCUT2D eigenvalue weighted by Gasteiger charge is -2.31. The number of nitrogens with one attached hydrogen (secondary N) is 1. The molecule has 2 N–H and O–H groups in total. The van der Waals surface area contributed by atoms with E-state index in [2.05, 4.69) is 15.5 Å². The lowest BCUT2D eigenvalue weighted by Crippen LogP contribution is -2.49. The summed E-state index contributed by atoms with van der Waals surface area (Å²) in [7, 11) is 0. The number of carboxylic acids is 1. The first-order chi connectivity index (χ1) is 11.7. The number of fused-ring (bicyclic) bond motifs is 1. The molecule has 0 fully saturated rings. The normalized spacial score (nSPS) is 11.9. The van der Waals surface area contributed by atoms with Gasteiger partial charge in [-0.05, 0) is 31.7 Å². The number of hydrogen-bond donors (Lipinski definition) is 2. The number of carbonyl (C=O) groups is 2. The number of aliphatic carboxylic acids is 1. The smallest absolute Gasteiger partial charge is 0.305 e. The molecule has 0 radical (unpaired) electrons. The highest BCUT2D eigenvalue weighted by Gasteiger charge is 2.32. The maximum atomic E-state index is 13.0. The van der Waals surface area contributed by atoms with Crippen LogP contribution in [0.3, 0.4) is 0 Å². The first kappa shape index (κ1) is 18.9. The largest absolute Gasteiger partial charge is 0.481 e. The molecular weight excluding hydrogens is 322 g/mol. The molecule has 0 saturated heterocycles. The molecule has 0 aliphatic rings. The summed E-state index contributed by atoms with van der Waals surface area (Å²) < 4.78 is 5.24. The zero-order valence-corrected chi connectivity index (χ0v) is 15.3. The summed E-state index contributed by atoms with van der Waals surface area (Å²) in [6, 6.07) is 1.74. The van der Waals surface area contributed by atoms with Gasteiger partial charge in [0.2, 0.25) is 0 Å². The second-order valence-electron chi connectivity index (χ2n) is 6.71. The van der Waals surface area contributed by atoms with Crippen LogP contribution in [0.1, 0.15) is 74.6 Å². The van der Waals surface area contributed by atoms with Crippen LogP contribution in [-0.2, 0) is 4.79 Å². The molecule has 0 aliphatic heterocycles. The highest BCUT2D eigenvalue weighted by atomic mass is 16.5. The van der Waals surface area contributed by atoms with Gasteiger partial charge >= 0.3 is 5.97 Å². The van der Waals surface area contributed by atoms with Crippen molar-refractivity contribution >= 4 is 23.0 Å². The van der Waals surface area contributed by atoms with Crippen molar-refractivity contribution in [1.82, 2.24) is 15.5 Å². The summed E-state index contributed by atoms with van der Waals surface area (Å²) in [5, 5.41) is 16.6. The van der Waals surface area contributed by atoms with Crippen LogP contribution in [0.15, 0.2) is 10.6 Å². The third kappa shape index (κ3) is 3.81. The van der Waals surface area contributed by atoms with Gasteiger partial charge in [0.1, 0.15) is 0 Å². The Balaban J connectivity index is 2.50. The summed E-state index contributed by atoms with van der Waals surface area (Å²) in [6.07, 6.45) is 0.921. The summed E-state index contributed by atoms with van der Waals surface area (Å²) in [5.74, 6) is -1.15. The molecule has 0 aliphatic carbocycles. The van der Waals surface area contributed by atoms with E-state index in [0.29, 0.717) is 35.2 Å². The molecule has 2 rings (SSSR count). The second kappa shape index (κ2) is 7.21. The lowest BCUT2D eigenvalue weighted by atomic mass is 9.88. The van der Waals surface area contributed by atoms with Crippen molar-refractivity contribution in [2.75, 3.05) is 0 Å². The van der Waals surface area contributed by atoms with Crippen molar-refractivity contribution in [1.29, 1.82) is 0 Å². The monoisotopic (exact) mass is 347 g/mol. The molecular formula is C18H25N3O4. The highest BCUT2D eigenvalue weighted by Crippen LogP contribution is 2.27. The Morgan fingerprint density at radius 1 is 1.32 bits per heavy atom. The molecule has 1 amide bonds. The minimum absolute atomic E-state index is 0.113. The fourth-order valence-corrected chi connectivity index (χ4v) is 2.91. The average molecular weight is 347 g/mol. The SMILES string of the molecule is CCC(CC)(CC(=O)O)NC(=O)c1cc(C(C)C)nc2onc(C)c12. The number of aromatic nitrogens is 2. The van der Waals surface area contributed by atoms with Gasteiger partial charge in [0.15, 0.2) is 0 Å². The van der Waals surface area contributed by atoms with Crippen molar-refractivity contribution in [2.24, 2.45) is 0 Å². The number of carbonyl (C=O) groups excluding carboxylic acids is 1. The van der Waals surface area contributed by atoms with Gasteiger partial charge in [-0.2, -0.15) is 0 Å². The van der Waals surface area contributed by atoms with Crippen LogP contribution in [0.2, 0.25) is 0 Å². The van der Waals surface area contributed by atoms with Gasteiger partial charge in [-0.3, -0.25) is 9.59 Å². The summed E-state index contributed by atoms with van der Waals surface area (Å²) in [5.41, 5.74) is 1.27. The average Bonchev–Trinajstić information content (AvgIpc) is 2.94. The molecule has 2 aromatic rings. The molecule has 7 heteroatoms. The van der Waals surface area contributed by atoms with Gasteiger partial charge in [0.25, 0.3) is 11.6 Å². The zero-order valence-electron chi connectivity index (χ0n) is 15.3. The Hall–Kier alpha value is -2.44. The van der Waals surface area contributed by atoms with E-state index < -0.39 is 11.5 Å². The van der Waals surface area contributed by atoms with Gasteiger partial charge in [-0.15, -0.1) is 0 Å². The fourth-order valence-electron chi connectivity index (χ4n) is 2.91. The summed E-state index contributed by atoms with van der Waals surface area (Å²) in [4.78, 5) is 28.7. The first-order valence-corrected chi connectivity index (χ1v) is 8.54. The van der Waals surface area contributed by atoms with Crippen LogP contribution >= 0.6 is 0 Å². The molecule has 25 heavy (non-hydrogen) atoms. The number of amides is 1. The number of nitrogens with zero attached hydrogens (tertiary/aromatic N) is 2. The molecule has 0 atom stereocenters. The van der Waals surface area contributed by atoms with Crippen molar-refractivity contribution in [3.8, 4) is 0 Å². The van der Waals surface area contributed by atoms with Crippen LogP contribution in [-0.4, -0.2) is 32.7 Å². The number of aryl methyl sites for hydroxylation is 1. The highest BCUT2D eigenvalue weighted by molar-refractivity contribution is 6.06. The Bertz CT molecular complexity index is 791. The maximum absolute atomic E-state index is 13.0. The van der Waals surface area contributed by atoms with E-state index >= 15 is 0 Å². The van der Waals surface area contributed by atoms with E-state index in [9.17, 15) is 14.7 Å². The molecule has 0 bridgehead atoms. The second-order valence-corrected chi connectivity index (χ2v) is 6.71. The molecule has 0 saturated carbocycles. The van der Waals surface area contributed by atoms with Crippen molar-refractivity contribution in [2.45, 2.75) is 65.3 Å². The van der Waals surface area contributed by atoms with Crippen LogP contribution in [0, 0.1) is 6.92 Å². The first-order valence-electron chi connectivity index (χ1n) is 8.54. The summed E-state index contributed by atoms with van der Waals surface area (Å²) in [6.45, 7) is 9.46. The Morgan fingerprint density at radius 2 is 1.96 bits per heavy atom. The van der Waals surface area contributed by atoms with E-state index in [4.69, 9.17) is 4.52 Å². The lowest BCUT2D eigenvalue weighted by molar-refractivity contribution is -0.138. The van der Waals surface area contributed by atoms with E-state index in [1.807, 2.05) is 27.7 Å². The van der Waals surface area contributed by atoms with Crippen LogP contribution < -0.4 is 5.32 Å². The zero-order chi connectivity index (χ0) is 18.8. The van der Waals surface area contributed by atoms with E-state index in [1.54, 1.807) is 13.0 Å². The van der Waals surface area contributed by atoms with Gasteiger partial charge < -0.3 is 14.9 Å². The Morgan fingerprint density at radius 3 is 2.48 bits per heavy atom. The molecule has 136 valence electrons. The van der Waals surface area contributed by atoms with Crippen LogP contribution in [0.5, 0.6) is 0 Å². The maximum Gasteiger partial charge on any atom is 0.305 e. The minimum atomic E-state index is -0.937. The van der Waals surface area contributed by atoms with Crippen molar-refractivity contribution < 1.29 is 19.2 Å². The minimum Gasteiger partial charge on any atom is -0.481 e. The number of hydrogen-bond acceptors (Lipinski definition) is 5. The Labute approximate surface area is 146 Å². The number of pyridine rings is 1. The van der Waals surface area contributed by atoms with Gasteiger partial charge in [0, 0.05) is 5.69 Å². The summed E-state index contributed by atoms with van der Waals surface area (Å²) >= 11 is 0. The third-order valence-electron chi connectivity index (χ3n) is 4.69. The van der Waals surface area contributed by atoms with Gasteiger partial charge in [-0.1, -0.05) is 32.9 Å². The van der Waals surface area contributed by atoms with Gasteiger partial charge in [-0.25, -0.2) is 4.98 Å². The third-order valence-corrected chi connectivity index (χ3v) is 4.69. The van der Waals surface area contributed by atoms with E-state index in [0.717, 1.165) is 5.69 Å². The van der Waals surface area contributed by atoms with Gasteiger partial charge in [0.05, 0.1) is 28.6 Å². The molecule has 2 heterocycles. The molecule has 0 aromatic carbocycles. The Kier molecular flexibility index (Phi) is 5.45. The predicted octanol–water partition coefficient (Wildman–Crippen LogP) is 3.42. The molecule has 0 spiro atoms. The molecule has 7 nitrogen and oxygen atoms in total. The molecule has 2 aromatic heterocycles. The fraction of sp³-hybridized carbons (Fsp3) is 0.556. The van der Waals surface area contributed by atoms with Crippen molar-refractivity contribution in [3.63, 3.8) is 0 Å². The predicted molar refractivity (Wildman–Crippen MR) is 93.7 cm³/mol. The van der Waals surface area contributed by atoms with E-state index in [1.165, 1.54) is 0 Å². The number of rotatable bonds is 7. The molecule has 0 unspecified atom stereocenters. The van der Waals surface area contributed by atoms with Crippen molar-refractivity contribution in [3.05, 3.63) is 23.0 Å². The van der Waals surface area contributed by atoms with Crippen LogP contribution in [0.25, 0.3) is 11.1 Å². The standard InChI is InChI=1S/C18H25N3O4/c1-6-18(7-2,9-14(22)23)20-16(24)12-8-13(10(3)4)19-17-15(12)11(5)21-25-17/h8,10H,6-7,9H2,1-5H3,(H,20,24)(H,22,23). The van der Waals surface area contributed by atoms with E-state index in [-0.39, 0.29) is 18.2 Å².